The summed E-state index contributed by atoms with van der Waals surface area (Å²) in [7, 11) is 1.98. The van der Waals surface area contributed by atoms with Crippen molar-refractivity contribution < 1.29 is 9.53 Å². The molecule has 2 atom stereocenters. The Balaban J connectivity index is 1.33. The number of aryl methyl sites for hydroxylation is 1. The molecule has 0 bridgehead atoms. The third kappa shape index (κ3) is 2.45. The number of carbonyl (C=O) groups excluding carboxylic acids is 1. The van der Waals surface area contributed by atoms with Crippen LogP contribution in [0.3, 0.4) is 0 Å². The number of fused-ring (bicyclic) bond motifs is 1. The van der Waals surface area contributed by atoms with E-state index in [2.05, 4.69) is 15.7 Å². The van der Waals surface area contributed by atoms with Crippen LogP contribution in [0.25, 0.3) is 0 Å². The van der Waals surface area contributed by atoms with Crippen LogP contribution in [-0.2, 0) is 22.5 Å². The zero-order valence-corrected chi connectivity index (χ0v) is 13.3. The Labute approximate surface area is 131 Å². The van der Waals surface area contributed by atoms with Gasteiger partial charge >= 0.3 is 0 Å². The first kappa shape index (κ1) is 14.2. The van der Waals surface area contributed by atoms with Gasteiger partial charge in [-0.25, -0.2) is 4.98 Å². The number of ether oxygens (including phenoxy) is 1. The summed E-state index contributed by atoms with van der Waals surface area (Å²) in [6.45, 7) is 3.54. The summed E-state index contributed by atoms with van der Waals surface area (Å²) >= 11 is 0. The lowest BCUT2D eigenvalue weighted by molar-refractivity contribution is -0.133. The number of carbonyl (C=O) groups is 1. The molecule has 0 radical (unpaired) electrons. The molecule has 1 aromatic heterocycles. The van der Waals surface area contributed by atoms with Crippen molar-refractivity contribution in [1.29, 1.82) is 0 Å². The van der Waals surface area contributed by atoms with Crippen molar-refractivity contribution in [3.05, 3.63) is 18.2 Å². The van der Waals surface area contributed by atoms with Crippen molar-refractivity contribution in [3.63, 3.8) is 0 Å². The SMILES string of the molecule is CN(C[C@H]1CCc2nccn2C1)C(=O)[C@H]1CC12CCOCC2. The van der Waals surface area contributed by atoms with Crippen LogP contribution < -0.4 is 0 Å². The maximum absolute atomic E-state index is 12.7. The van der Waals surface area contributed by atoms with E-state index in [1.54, 1.807) is 0 Å². The van der Waals surface area contributed by atoms with Gasteiger partial charge in [-0.3, -0.25) is 4.79 Å². The van der Waals surface area contributed by atoms with E-state index in [1.165, 1.54) is 5.82 Å². The fraction of sp³-hybridized carbons (Fsp3) is 0.765. The van der Waals surface area contributed by atoms with Crippen LogP contribution in [0, 0.1) is 17.3 Å². The van der Waals surface area contributed by atoms with Crippen molar-refractivity contribution in [3.8, 4) is 0 Å². The van der Waals surface area contributed by atoms with Gasteiger partial charge < -0.3 is 14.2 Å². The predicted molar refractivity (Wildman–Crippen MR) is 82.3 cm³/mol. The third-order valence-corrected chi connectivity index (χ3v) is 5.92. The van der Waals surface area contributed by atoms with Gasteiger partial charge in [0, 0.05) is 58.1 Å². The zero-order chi connectivity index (χ0) is 15.2. The number of rotatable bonds is 3. The Hall–Kier alpha value is -1.36. The van der Waals surface area contributed by atoms with Gasteiger partial charge in [0.15, 0.2) is 0 Å². The minimum Gasteiger partial charge on any atom is -0.381 e. The topological polar surface area (TPSA) is 47.4 Å². The Bertz CT molecular complexity index is 562. The van der Waals surface area contributed by atoms with Gasteiger partial charge in [-0.15, -0.1) is 0 Å². The quantitative estimate of drug-likeness (QED) is 0.854. The smallest absolute Gasteiger partial charge is 0.226 e. The minimum absolute atomic E-state index is 0.258. The number of hydrogen-bond acceptors (Lipinski definition) is 3. The molecule has 5 heteroatoms. The van der Waals surface area contributed by atoms with Crippen molar-refractivity contribution in [1.82, 2.24) is 14.5 Å². The van der Waals surface area contributed by atoms with Crippen LogP contribution in [0.4, 0.5) is 0 Å². The summed E-state index contributed by atoms with van der Waals surface area (Å²) in [6.07, 6.45) is 9.32. The molecule has 0 unspecified atom stereocenters. The molecule has 1 spiro atoms. The normalized spacial score (nSPS) is 29.1. The van der Waals surface area contributed by atoms with Crippen LogP contribution >= 0.6 is 0 Å². The average Bonchev–Trinajstić information content (AvgIpc) is 3.01. The highest BCUT2D eigenvalue weighted by molar-refractivity contribution is 5.82. The Morgan fingerprint density at radius 2 is 2.32 bits per heavy atom. The summed E-state index contributed by atoms with van der Waals surface area (Å²) in [5.74, 6) is 2.36. The van der Waals surface area contributed by atoms with E-state index in [0.717, 1.165) is 58.4 Å². The van der Waals surface area contributed by atoms with Gasteiger partial charge in [-0.2, -0.15) is 0 Å². The molecule has 1 saturated heterocycles. The third-order valence-electron chi connectivity index (χ3n) is 5.92. The molecule has 5 nitrogen and oxygen atoms in total. The highest BCUT2D eigenvalue weighted by atomic mass is 16.5. The second kappa shape index (κ2) is 5.37. The summed E-state index contributed by atoms with van der Waals surface area (Å²) in [5.41, 5.74) is 0.285. The van der Waals surface area contributed by atoms with Crippen LogP contribution in [0.1, 0.15) is 31.5 Å². The van der Waals surface area contributed by atoms with E-state index in [9.17, 15) is 4.79 Å². The monoisotopic (exact) mass is 303 g/mol. The van der Waals surface area contributed by atoms with Gasteiger partial charge in [0.25, 0.3) is 0 Å². The van der Waals surface area contributed by atoms with E-state index in [0.29, 0.717) is 11.8 Å². The number of nitrogens with zero attached hydrogens (tertiary/aromatic N) is 3. The molecule has 2 aliphatic heterocycles. The Morgan fingerprint density at radius 1 is 1.50 bits per heavy atom. The zero-order valence-electron chi connectivity index (χ0n) is 13.3. The van der Waals surface area contributed by atoms with E-state index >= 15 is 0 Å². The van der Waals surface area contributed by atoms with Crippen LogP contribution in [0.2, 0.25) is 0 Å². The Kier molecular flexibility index (Phi) is 3.48. The predicted octanol–water partition coefficient (Wildman–Crippen LogP) is 1.72. The van der Waals surface area contributed by atoms with E-state index in [1.807, 2.05) is 18.1 Å². The van der Waals surface area contributed by atoms with Crippen molar-refractivity contribution in [2.24, 2.45) is 17.3 Å². The lowest BCUT2D eigenvalue weighted by Gasteiger charge is -2.29. The molecule has 0 aromatic carbocycles. The van der Waals surface area contributed by atoms with Gasteiger partial charge in [0.05, 0.1) is 0 Å². The molecule has 1 amide bonds. The molecule has 2 fully saturated rings. The first-order chi connectivity index (χ1) is 10.7. The lowest BCUT2D eigenvalue weighted by Crippen LogP contribution is -2.37. The van der Waals surface area contributed by atoms with Crippen LogP contribution in [0.5, 0.6) is 0 Å². The van der Waals surface area contributed by atoms with Crippen LogP contribution in [-0.4, -0.2) is 47.2 Å². The molecular weight excluding hydrogens is 278 g/mol. The standard InChI is InChI=1S/C17H25N3O2/c1-19(11-13-2-3-15-18-6-7-20(15)12-13)16(21)14-10-17(14)4-8-22-9-5-17/h6-7,13-14H,2-5,8-12H2,1H3/t13-,14-/m1/s1. The maximum Gasteiger partial charge on any atom is 0.226 e. The summed E-state index contributed by atoms with van der Waals surface area (Å²) < 4.78 is 7.69. The van der Waals surface area contributed by atoms with E-state index < -0.39 is 0 Å². The summed E-state index contributed by atoms with van der Waals surface area (Å²) in [4.78, 5) is 19.1. The maximum atomic E-state index is 12.7. The number of hydrogen-bond donors (Lipinski definition) is 0. The fourth-order valence-corrected chi connectivity index (χ4v) is 4.36. The van der Waals surface area contributed by atoms with E-state index in [4.69, 9.17) is 4.74 Å². The number of aromatic nitrogens is 2. The second-order valence-electron chi connectivity index (χ2n) is 7.35. The molecule has 0 N–H and O–H groups in total. The molecule has 120 valence electrons. The van der Waals surface area contributed by atoms with Crippen LogP contribution in [0.15, 0.2) is 12.4 Å². The average molecular weight is 303 g/mol. The van der Waals surface area contributed by atoms with Gasteiger partial charge in [0.2, 0.25) is 5.91 Å². The Morgan fingerprint density at radius 3 is 3.14 bits per heavy atom. The highest BCUT2D eigenvalue weighted by Crippen LogP contribution is 2.59. The molecule has 1 aromatic rings. The first-order valence-corrected chi connectivity index (χ1v) is 8.51. The van der Waals surface area contributed by atoms with E-state index in [-0.39, 0.29) is 11.3 Å². The van der Waals surface area contributed by atoms with Crippen molar-refractivity contribution in [2.75, 3.05) is 26.8 Å². The highest BCUT2D eigenvalue weighted by Gasteiger charge is 2.58. The van der Waals surface area contributed by atoms with Gasteiger partial charge in [0.1, 0.15) is 5.82 Å². The molecule has 4 rings (SSSR count). The summed E-state index contributed by atoms with van der Waals surface area (Å²) in [5, 5.41) is 0. The van der Waals surface area contributed by atoms with Crippen molar-refractivity contribution >= 4 is 5.91 Å². The van der Waals surface area contributed by atoms with Gasteiger partial charge in [-0.1, -0.05) is 0 Å². The first-order valence-electron chi connectivity index (χ1n) is 8.51. The molecule has 3 heterocycles. The number of imidazole rings is 1. The molecule has 1 aliphatic carbocycles. The largest absolute Gasteiger partial charge is 0.381 e. The van der Waals surface area contributed by atoms with Crippen molar-refractivity contribution in [2.45, 2.75) is 38.6 Å². The molecule has 3 aliphatic rings. The second-order valence-corrected chi connectivity index (χ2v) is 7.35. The van der Waals surface area contributed by atoms with Gasteiger partial charge in [-0.05, 0) is 37.0 Å². The molecular formula is C17H25N3O2. The molecule has 1 saturated carbocycles. The lowest BCUT2D eigenvalue weighted by atomic mass is 9.93. The minimum atomic E-state index is 0.258. The summed E-state index contributed by atoms with van der Waals surface area (Å²) in [6, 6.07) is 0. The fourth-order valence-electron chi connectivity index (χ4n) is 4.36. The number of amides is 1. The molecule has 22 heavy (non-hydrogen) atoms.